The van der Waals surface area contributed by atoms with E-state index in [1.165, 1.54) is 0 Å². The molecule has 136 valence electrons. The molecule has 0 saturated heterocycles. The second kappa shape index (κ2) is 7.20. The quantitative estimate of drug-likeness (QED) is 0.577. The highest BCUT2D eigenvalue weighted by Crippen LogP contribution is 2.31. The molecular weight excluding hydrogens is 358 g/mol. The maximum atomic E-state index is 13.0. The Bertz CT molecular complexity index is 1060. The highest BCUT2D eigenvalue weighted by molar-refractivity contribution is 7.15. The zero-order valence-electron chi connectivity index (χ0n) is 15.1. The van der Waals surface area contributed by atoms with Crippen molar-refractivity contribution >= 4 is 17.2 Å². The summed E-state index contributed by atoms with van der Waals surface area (Å²) in [6.45, 7) is 4.41. The number of aromatic nitrogens is 4. The maximum absolute atomic E-state index is 13.0. The summed E-state index contributed by atoms with van der Waals surface area (Å²) in [6, 6.07) is 9.57. The van der Waals surface area contributed by atoms with E-state index in [1.54, 1.807) is 28.4 Å². The number of hydrogen-bond donors (Lipinski definition) is 1. The summed E-state index contributed by atoms with van der Waals surface area (Å²) in [5.41, 5.74) is 2.64. The fourth-order valence-corrected chi connectivity index (χ4v) is 4.08. The summed E-state index contributed by atoms with van der Waals surface area (Å²) in [4.78, 5) is 18.5. The second-order valence-electron chi connectivity index (χ2n) is 6.17. The summed E-state index contributed by atoms with van der Waals surface area (Å²) in [5.74, 6) is 0.627. The van der Waals surface area contributed by atoms with Crippen molar-refractivity contribution in [2.75, 3.05) is 0 Å². The SMILES string of the molecule is Cc1sc(-n2cccc2)c(C(=O)NCc2cccnc2-n2cccn2)c1C. The fraction of sp³-hybridized carbons (Fsp3) is 0.150. The Balaban J connectivity index is 1.60. The molecule has 0 unspecified atom stereocenters. The lowest BCUT2D eigenvalue weighted by Gasteiger charge is -2.11. The van der Waals surface area contributed by atoms with Gasteiger partial charge in [0.2, 0.25) is 0 Å². The van der Waals surface area contributed by atoms with E-state index in [0.717, 1.165) is 26.6 Å². The van der Waals surface area contributed by atoms with Gasteiger partial charge >= 0.3 is 0 Å². The van der Waals surface area contributed by atoms with E-state index in [1.807, 2.05) is 67.3 Å². The Morgan fingerprint density at radius 3 is 2.67 bits per heavy atom. The minimum Gasteiger partial charge on any atom is -0.348 e. The van der Waals surface area contributed by atoms with Gasteiger partial charge in [0.05, 0.1) is 5.56 Å². The Morgan fingerprint density at radius 1 is 1.11 bits per heavy atom. The van der Waals surface area contributed by atoms with Crippen molar-refractivity contribution in [1.29, 1.82) is 0 Å². The predicted octanol–water partition coefficient (Wildman–Crippen LogP) is 3.67. The molecule has 27 heavy (non-hydrogen) atoms. The van der Waals surface area contributed by atoms with Gasteiger partial charge in [-0.1, -0.05) is 6.07 Å². The van der Waals surface area contributed by atoms with Crippen LogP contribution in [-0.4, -0.2) is 25.2 Å². The van der Waals surface area contributed by atoms with Crippen molar-refractivity contribution in [1.82, 2.24) is 24.6 Å². The van der Waals surface area contributed by atoms with Gasteiger partial charge in [0.1, 0.15) is 5.00 Å². The zero-order chi connectivity index (χ0) is 18.8. The number of nitrogens with one attached hydrogen (secondary N) is 1. The van der Waals surface area contributed by atoms with Gasteiger partial charge in [0.25, 0.3) is 5.91 Å². The third kappa shape index (κ3) is 3.29. The van der Waals surface area contributed by atoms with E-state index in [0.29, 0.717) is 12.4 Å². The lowest BCUT2D eigenvalue weighted by atomic mass is 10.1. The number of pyridine rings is 1. The number of amides is 1. The third-order valence-electron chi connectivity index (χ3n) is 4.46. The van der Waals surface area contributed by atoms with E-state index in [2.05, 4.69) is 15.4 Å². The van der Waals surface area contributed by atoms with Crippen molar-refractivity contribution in [3.63, 3.8) is 0 Å². The predicted molar refractivity (Wildman–Crippen MR) is 106 cm³/mol. The Kier molecular flexibility index (Phi) is 4.60. The fourth-order valence-electron chi connectivity index (χ4n) is 2.96. The molecule has 0 atom stereocenters. The van der Waals surface area contributed by atoms with Crippen LogP contribution in [0.3, 0.4) is 0 Å². The average Bonchev–Trinajstić information content (AvgIpc) is 3.43. The normalized spacial score (nSPS) is 10.9. The molecule has 6 nitrogen and oxygen atoms in total. The van der Waals surface area contributed by atoms with Crippen LogP contribution in [0.1, 0.15) is 26.4 Å². The molecule has 4 aromatic rings. The van der Waals surface area contributed by atoms with Crippen LogP contribution in [0.4, 0.5) is 0 Å². The van der Waals surface area contributed by atoms with E-state index in [9.17, 15) is 4.79 Å². The van der Waals surface area contributed by atoms with E-state index in [4.69, 9.17) is 0 Å². The lowest BCUT2D eigenvalue weighted by Crippen LogP contribution is -2.25. The van der Waals surface area contributed by atoms with Crippen molar-refractivity contribution < 1.29 is 4.79 Å². The summed E-state index contributed by atoms with van der Waals surface area (Å²) < 4.78 is 3.69. The molecule has 0 aliphatic carbocycles. The first-order valence-corrected chi connectivity index (χ1v) is 9.42. The molecule has 7 heteroatoms. The zero-order valence-corrected chi connectivity index (χ0v) is 15.9. The van der Waals surface area contributed by atoms with Gasteiger partial charge in [-0.3, -0.25) is 4.79 Å². The van der Waals surface area contributed by atoms with Crippen molar-refractivity contribution in [2.24, 2.45) is 0 Å². The van der Waals surface area contributed by atoms with Gasteiger partial charge in [-0.25, -0.2) is 9.67 Å². The molecule has 1 amide bonds. The van der Waals surface area contributed by atoms with Crippen LogP contribution in [0.25, 0.3) is 10.8 Å². The van der Waals surface area contributed by atoms with E-state index < -0.39 is 0 Å². The van der Waals surface area contributed by atoms with Gasteiger partial charge < -0.3 is 9.88 Å². The summed E-state index contributed by atoms with van der Waals surface area (Å²) >= 11 is 1.63. The number of nitrogens with zero attached hydrogens (tertiary/aromatic N) is 4. The van der Waals surface area contributed by atoms with Crippen LogP contribution in [0.5, 0.6) is 0 Å². The maximum Gasteiger partial charge on any atom is 0.254 e. The van der Waals surface area contributed by atoms with Gasteiger partial charge in [-0.05, 0) is 43.7 Å². The Morgan fingerprint density at radius 2 is 1.93 bits per heavy atom. The van der Waals surface area contributed by atoms with Crippen LogP contribution in [0, 0.1) is 13.8 Å². The highest BCUT2D eigenvalue weighted by Gasteiger charge is 2.20. The first kappa shape index (κ1) is 17.2. The van der Waals surface area contributed by atoms with Crippen molar-refractivity contribution in [3.8, 4) is 10.8 Å². The lowest BCUT2D eigenvalue weighted by molar-refractivity contribution is 0.0950. The molecule has 0 aliphatic rings. The topological polar surface area (TPSA) is 64.7 Å². The molecule has 0 spiro atoms. The van der Waals surface area contributed by atoms with Gasteiger partial charge in [-0.15, -0.1) is 11.3 Å². The number of hydrogen-bond acceptors (Lipinski definition) is 4. The van der Waals surface area contributed by atoms with Gasteiger partial charge in [0, 0.05) is 48.0 Å². The number of thiophene rings is 1. The third-order valence-corrected chi connectivity index (χ3v) is 5.68. The molecule has 0 saturated carbocycles. The van der Waals surface area contributed by atoms with Crippen LogP contribution in [0.2, 0.25) is 0 Å². The molecule has 0 aliphatic heterocycles. The van der Waals surface area contributed by atoms with Crippen LogP contribution < -0.4 is 5.32 Å². The van der Waals surface area contributed by atoms with Crippen LogP contribution in [-0.2, 0) is 6.54 Å². The molecule has 0 radical (unpaired) electrons. The largest absolute Gasteiger partial charge is 0.348 e. The number of aryl methyl sites for hydroxylation is 1. The van der Waals surface area contributed by atoms with E-state index >= 15 is 0 Å². The number of rotatable bonds is 5. The first-order valence-electron chi connectivity index (χ1n) is 8.60. The average molecular weight is 377 g/mol. The Hall–Kier alpha value is -3.19. The van der Waals surface area contributed by atoms with E-state index in [-0.39, 0.29) is 5.91 Å². The minimum absolute atomic E-state index is 0.0872. The van der Waals surface area contributed by atoms with Crippen LogP contribution in [0.15, 0.2) is 61.3 Å². The summed E-state index contributed by atoms with van der Waals surface area (Å²) in [7, 11) is 0. The number of carbonyl (C=O) groups excluding carboxylic acids is 1. The number of carbonyl (C=O) groups is 1. The van der Waals surface area contributed by atoms with Gasteiger partial charge in [-0.2, -0.15) is 5.10 Å². The molecule has 0 fully saturated rings. The standard InChI is InChI=1S/C20H19N5OS/c1-14-15(2)27-20(24-10-3-4-11-24)17(14)19(26)22-13-16-7-5-8-21-18(16)25-12-6-9-23-25/h3-12H,13H2,1-2H3,(H,22,26). The first-order chi connectivity index (χ1) is 13.1. The second-order valence-corrected chi connectivity index (χ2v) is 7.38. The monoisotopic (exact) mass is 377 g/mol. The van der Waals surface area contributed by atoms with Crippen LogP contribution >= 0.6 is 11.3 Å². The molecule has 1 N–H and O–H groups in total. The molecular formula is C20H19N5OS. The molecule has 0 aromatic carbocycles. The molecule has 4 aromatic heterocycles. The summed E-state index contributed by atoms with van der Waals surface area (Å²) in [5, 5.41) is 8.22. The molecule has 0 bridgehead atoms. The van der Waals surface area contributed by atoms with Gasteiger partial charge in [0.15, 0.2) is 5.82 Å². The minimum atomic E-state index is -0.0872. The summed E-state index contributed by atoms with van der Waals surface area (Å²) in [6.07, 6.45) is 9.18. The molecule has 4 rings (SSSR count). The van der Waals surface area contributed by atoms with Crippen molar-refractivity contribution in [2.45, 2.75) is 20.4 Å². The molecule has 4 heterocycles. The highest BCUT2D eigenvalue weighted by atomic mass is 32.1. The Labute approximate surface area is 161 Å². The van der Waals surface area contributed by atoms with Crippen molar-refractivity contribution in [3.05, 3.63) is 82.9 Å². The smallest absolute Gasteiger partial charge is 0.254 e.